The Labute approximate surface area is 242 Å². The monoisotopic (exact) mass is 568 g/mol. The highest BCUT2D eigenvalue weighted by molar-refractivity contribution is 7.07. The van der Waals surface area contributed by atoms with Crippen molar-refractivity contribution in [3.05, 3.63) is 126 Å². The van der Waals surface area contributed by atoms with Crippen LogP contribution in [0, 0.1) is 13.8 Å². The van der Waals surface area contributed by atoms with E-state index in [2.05, 4.69) is 18.0 Å². The minimum atomic E-state index is -0.633. The van der Waals surface area contributed by atoms with E-state index in [0.29, 0.717) is 33.0 Å². The number of allylic oxidation sites excluding steroid dienone is 1. The van der Waals surface area contributed by atoms with Crippen molar-refractivity contribution in [2.45, 2.75) is 40.3 Å². The van der Waals surface area contributed by atoms with E-state index >= 15 is 0 Å². The maximum absolute atomic E-state index is 13.9. The molecule has 3 aromatic carbocycles. The molecule has 0 aliphatic carbocycles. The molecule has 1 aromatic heterocycles. The number of rotatable bonds is 8. The van der Waals surface area contributed by atoms with Gasteiger partial charge in [-0.25, -0.2) is 9.79 Å². The maximum atomic E-state index is 13.9. The average Bonchev–Trinajstić information content (AvgIpc) is 3.27. The highest BCUT2D eigenvalue weighted by Gasteiger charge is 2.33. The highest BCUT2D eigenvalue weighted by atomic mass is 32.1. The zero-order valence-electron chi connectivity index (χ0n) is 23.8. The predicted molar refractivity (Wildman–Crippen MR) is 160 cm³/mol. The Morgan fingerprint density at radius 2 is 1.80 bits per heavy atom. The van der Waals surface area contributed by atoms with Crippen LogP contribution in [0.1, 0.15) is 47.7 Å². The summed E-state index contributed by atoms with van der Waals surface area (Å²) in [6.07, 6.45) is 1.84. The summed E-state index contributed by atoms with van der Waals surface area (Å²) in [5.74, 6) is 1.05. The van der Waals surface area contributed by atoms with Crippen molar-refractivity contribution < 1.29 is 19.0 Å². The molecule has 210 valence electrons. The van der Waals surface area contributed by atoms with Gasteiger partial charge >= 0.3 is 5.97 Å². The quantitative estimate of drug-likeness (QED) is 0.280. The lowest BCUT2D eigenvalue weighted by atomic mass is 9.96. The first-order valence-electron chi connectivity index (χ1n) is 13.4. The number of carbonyl (C=O) groups excluding carboxylic acids is 1. The molecule has 0 bridgehead atoms. The second-order valence-corrected chi connectivity index (χ2v) is 10.8. The Morgan fingerprint density at radius 1 is 1.02 bits per heavy atom. The first kappa shape index (κ1) is 28.1. The van der Waals surface area contributed by atoms with E-state index in [1.807, 2.05) is 73.7 Å². The Balaban J connectivity index is 1.57. The van der Waals surface area contributed by atoms with Crippen LogP contribution in [0.2, 0.25) is 0 Å². The van der Waals surface area contributed by atoms with Crippen molar-refractivity contribution in [1.29, 1.82) is 0 Å². The third kappa shape index (κ3) is 5.60. The molecule has 1 atom stereocenters. The van der Waals surface area contributed by atoms with E-state index in [1.165, 1.54) is 11.3 Å². The lowest BCUT2D eigenvalue weighted by Crippen LogP contribution is -2.39. The molecule has 0 spiro atoms. The molecule has 1 aliphatic rings. The molecule has 0 saturated carbocycles. The first-order valence-corrected chi connectivity index (χ1v) is 14.2. The standard InChI is InChI=1S/C33H32N2O5S/c1-6-39-32(37)29-22(4)34-33-35(30(29)24-12-8-7-9-13-24)31(36)28(41-33)18-23-15-16-27(38-5)25(17-23)19-40-26-14-10-11-20(2)21(26)3/h7-18,30H,6,19H2,1-5H3/b28-18-/t30-/m1/s1. The lowest BCUT2D eigenvalue weighted by Gasteiger charge is -2.24. The van der Waals surface area contributed by atoms with Crippen molar-refractivity contribution in [3.63, 3.8) is 0 Å². The highest BCUT2D eigenvalue weighted by Crippen LogP contribution is 2.30. The van der Waals surface area contributed by atoms with Gasteiger partial charge in [0, 0.05) is 5.56 Å². The first-order chi connectivity index (χ1) is 19.8. The average molecular weight is 569 g/mol. The number of hydrogen-bond acceptors (Lipinski definition) is 7. The van der Waals surface area contributed by atoms with Gasteiger partial charge in [-0.1, -0.05) is 59.9 Å². The molecule has 8 heteroatoms. The zero-order valence-corrected chi connectivity index (χ0v) is 24.6. The van der Waals surface area contributed by atoms with Crippen LogP contribution in [0.3, 0.4) is 0 Å². The number of aryl methyl sites for hydroxylation is 1. The van der Waals surface area contributed by atoms with Gasteiger partial charge in [0.25, 0.3) is 5.56 Å². The third-order valence-electron chi connectivity index (χ3n) is 7.17. The molecule has 0 radical (unpaired) electrons. The Hall–Kier alpha value is -4.43. The van der Waals surface area contributed by atoms with E-state index in [-0.39, 0.29) is 12.2 Å². The van der Waals surface area contributed by atoms with Crippen molar-refractivity contribution in [2.24, 2.45) is 4.99 Å². The van der Waals surface area contributed by atoms with Gasteiger partial charge in [0.1, 0.15) is 18.1 Å². The number of carbonyl (C=O) groups is 1. The number of fused-ring (bicyclic) bond motifs is 1. The van der Waals surface area contributed by atoms with Crippen LogP contribution in [0.5, 0.6) is 11.5 Å². The fourth-order valence-corrected chi connectivity index (χ4v) is 5.98. The van der Waals surface area contributed by atoms with E-state index in [1.54, 1.807) is 25.5 Å². The largest absolute Gasteiger partial charge is 0.496 e. The smallest absolute Gasteiger partial charge is 0.338 e. The lowest BCUT2D eigenvalue weighted by molar-refractivity contribution is -0.139. The summed E-state index contributed by atoms with van der Waals surface area (Å²) in [5, 5.41) is 0. The third-order valence-corrected chi connectivity index (χ3v) is 8.16. The summed E-state index contributed by atoms with van der Waals surface area (Å²) in [4.78, 5) is 32.1. The van der Waals surface area contributed by atoms with Crippen LogP contribution in [-0.4, -0.2) is 24.3 Å². The van der Waals surface area contributed by atoms with Gasteiger partial charge in [-0.3, -0.25) is 9.36 Å². The summed E-state index contributed by atoms with van der Waals surface area (Å²) in [5.41, 5.74) is 5.44. The van der Waals surface area contributed by atoms with Gasteiger partial charge in [-0.15, -0.1) is 0 Å². The van der Waals surface area contributed by atoms with Crippen molar-refractivity contribution >= 4 is 23.4 Å². The maximum Gasteiger partial charge on any atom is 0.338 e. The summed E-state index contributed by atoms with van der Waals surface area (Å²) >= 11 is 1.30. The molecule has 0 unspecified atom stereocenters. The number of nitrogens with zero attached hydrogens (tertiary/aromatic N) is 2. The van der Waals surface area contributed by atoms with E-state index < -0.39 is 12.0 Å². The molecular weight excluding hydrogens is 536 g/mol. The summed E-state index contributed by atoms with van der Waals surface area (Å²) < 4.78 is 19.2. The molecule has 2 heterocycles. The fourth-order valence-electron chi connectivity index (χ4n) is 4.93. The van der Waals surface area contributed by atoms with Crippen LogP contribution >= 0.6 is 11.3 Å². The topological polar surface area (TPSA) is 79.1 Å². The van der Waals surface area contributed by atoms with Crippen LogP contribution in [0.25, 0.3) is 6.08 Å². The van der Waals surface area contributed by atoms with Crippen molar-refractivity contribution in [2.75, 3.05) is 13.7 Å². The SMILES string of the molecule is CCOC(=O)C1=C(C)N=c2s/c(=C\c3ccc(OC)c(COc4cccc(C)c4C)c3)c(=O)n2[C@@H]1c1ccccc1. The number of benzene rings is 3. The van der Waals surface area contributed by atoms with Crippen LogP contribution in [0.4, 0.5) is 0 Å². The van der Waals surface area contributed by atoms with Gasteiger partial charge in [-0.05, 0) is 74.2 Å². The summed E-state index contributed by atoms with van der Waals surface area (Å²) in [6, 6.07) is 20.6. The van der Waals surface area contributed by atoms with Crippen molar-refractivity contribution in [3.8, 4) is 11.5 Å². The normalized spacial score (nSPS) is 14.9. The molecule has 5 rings (SSSR count). The van der Waals surface area contributed by atoms with Gasteiger partial charge in [0.05, 0.1) is 35.6 Å². The Kier molecular flexibility index (Phi) is 8.21. The molecule has 0 N–H and O–H groups in total. The number of aromatic nitrogens is 1. The molecule has 0 saturated heterocycles. The van der Waals surface area contributed by atoms with Crippen molar-refractivity contribution in [1.82, 2.24) is 4.57 Å². The van der Waals surface area contributed by atoms with Gasteiger partial charge in [0.2, 0.25) is 0 Å². The molecule has 4 aromatic rings. The van der Waals surface area contributed by atoms with Crippen LogP contribution in [0.15, 0.2) is 87.8 Å². The number of esters is 1. The number of hydrogen-bond donors (Lipinski definition) is 0. The number of thiazole rings is 1. The zero-order chi connectivity index (χ0) is 29.1. The molecular formula is C33H32N2O5S. The van der Waals surface area contributed by atoms with Gasteiger partial charge < -0.3 is 14.2 Å². The molecule has 0 amide bonds. The fraction of sp³-hybridized carbons (Fsp3) is 0.242. The second kappa shape index (κ2) is 12.0. The molecule has 41 heavy (non-hydrogen) atoms. The Morgan fingerprint density at radius 3 is 2.54 bits per heavy atom. The number of ether oxygens (including phenoxy) is 3. The van der Waals surface area contributed by atoms with E-state index in [4.69, 9.17) is 14.2 Å². The van der Waals surface area contributed by atoms with Gasteiger partial charge in [-0.2, -0.15) is 0 Å². The minimum Gasteiger partial charge on any atom is -0.496 e. The van der Waals surface area contributed by atoms with Crippen LogP contribution < -0.4 is 24.4 Å². The number of methoxy groups -OCH3 is 1. The molecule has 1 aliphatic heterocycles. The summed E-state index contributed by atoms with van der Waals surface area (Å²) in [6.45, 7) is 8.18. The van der Waals surface area contributed by atoms with E-state index in [0.717, 1.165) is 33.6 Å². The van der Waals surface area contributed by atoms with E-state index in [9.17, 15) is 9.59 Å². The second-order valence-electron chi connectivity index (χ2n) is 9.77. The minimum absolute atomic E-state index is 0.221. The van der Waals surface area contributed by atoms with Crippen LogP contribution in [-0.2, 0) is 16.1 Å². The summed E-state index contributed by atoms with van der Waals surface area (Å²) in [7, 11) is 1.63. The van der Waals surface area contributed by atoms with Gasteiger partial charge in [0.15, 0.2) is 4.80 Å². The molecule has 0 fully saturated rings. The molecule has 7 nitrogen and oxygen atoms in total. The Bertz CT molecular complexity index is 1820. The predicted octanol–water partition coefficient (Wildman–Crippen LogP) is 5.00.